The lowest BCUT2D eigenvalue weighted by Crippen LogP contribution is -2.49. The van der Waals surface area contributed by atoms with Crippen LogP contribution in [0.15, 0.2) is 12.3 Å². The normalized spacial score (nSPS) is 17.5. The molecule has 1 aromatic heterocycles. The average Bonchev–Trinajstić information content (AvgIpc) is 2.55. The number of hydrogen-bond acceptors (Lipinski definition) is 6. The summed E-state index contributed by atoms with van der Waals surface area (Å²) in [5.74, 6) is 2.39. The minimum Gasteiger partial charge on any atom is -0.389 e. The van der Waals surface area contributed by atoms with Gasteiger partial charge in [0.1, 0.15) is 12.3 Å². The predicted octanol–water partition coefficient (Wildman–Crippen LogP) is 0.628. The Bertz CT molecular complexity index is 569. The molecule has 1 saturated heterocycles. The third kappa shape index (κ3) is 5.33. The molecule has 1 aromatic rings. The summed E-state index contributed by atoms with van der Waals surface area (Å²) in [6, 6.07) is 0.853. The number of hydrogen-bond donors (Lipinski definition) is 1. The highest BCUT2D eigenvalue weighted by atomic mass is 19.4. The van der Waals surface area contributed by atoms with Crippen molar-refractivity contribution < 1.29 is 23.0 Å². The summed E-state index contributed by atoms with van der Waals surface area (Å²) in [6.45, 7) is 2.87. The zero-order chi connectivity index (χ0) is 17.6. The molecule has 1 fully saturated rings. The summed E-state index contributed by atoms with van der Waals surface area (Å²) in [4.78, 5) is 11.2. The van der Waals surface area contributed by atoms with Crippen LogP contribution in [0.2, 0.25) is 0 Å². The van der Waals surface area contributed by atoms with E-state index in [9.17, 15) is 18.3 Å². The molecule has 0 aliphatic carbocycles. The van der Waals surface area contributed by atoms with Gasteiger partial charge in [-0.15, -0.1) is 6.42 Å². The molecule has 0 bridgehead atoms. The Morgan fingerprint density at radius 1 is 1.33 bits per heavy atom. The lowest BCUT2D eigenvalue weighted by molar-refractivity contribution is -0.141. The van der Waals surface area contributed by atoms with Gasteiger partial charge in [-0.05, 0) is 6.07 Å². The Labute approximate surface area is 138 Å². The first-order valence-electron chi connectivity index (χ1n) is 7.47. The van der Waals surface area contributed by atoms with Gasteiger partial charge in [0.05, 0.1) is 12.7 Å². The van der Waals surface area contributed by atoms with Gasteiger partial charge in [0.25, 0.3) is 0 Å². The first-order valence-corrected chi connectivity index (χ1v) is 7.47. The van der Waals surface area contributed by atoms with E-state index >= 15 is 0 Å². The Morgan fingerprint density at radius 3 is 2.67 bits per heavy atom. The molecule has 0 aromatic carbocycles. The second-order valence-electron chi connectivity index (χ2n) is 5.40. The minimum absolute atomic E-state index is 0.0716. The third-order valence-corrected chi connectivity index (χ3v) is 3.55. The van der Waals surface area contributed by atoms with Gasteiger partial charge >= 0.3 is 6.18 Å². The lowest BCUT2D eigenvalue weighted by Gasteiger charge is -2.35. The van der Waals surface area contributed by atoms with Crippen LogP contribution in [0.25, 0.3) is 0 Å². The van der Waals surface area contributed by atoms with Gasteiger partial charge in [0.2, 0.25) is 5.95 Å². The Hall–Kier alpha value is -1.89. The monoisotopic (exact) mass is 344 g/mol. The number of piperazine rings is 1. The number of rotatable bonds is 6. The molecule has 0 saturated carbocycles. The van der Waals surface area contributed by atoms with Gasteiger partial charge in [0.15, 0.2) is 0 Å². The highest BCUT2D eigenvalue weighted by Gasteiger charge is 2.33. The maximum Gasteiger partial charge on any atom is 0.433 e. The average molecular weight is 344 g/mol. The molecule has 2 heterocycles. The standard InChI is InChI=1S/C15H19F3N4O2/c1-2-9-24-11-12(23)10-21-5-7-22(8-6-21)14-19-4-3-13(20-14)15(16,17)18/h1,3-4,12,23H,5-11H2. The zero-order valence-corrected chi connectivity index (χ0v) is 13.0. The molecule has 1 atom stereocenters. The fourth-order valence-corrected chi connectivity index (χ4v) is 2.39. The van der Waals surface area contributed by atoms with Crippen molar-refractivity contribution in [3.8, 4) is 12.3 Å². The van der Waals surface area contributed by atoms with E-state index < -0.39 is 18.0 Å². The van der Waals surface area contributed by atoms with Crippen LogP contribution < -0.4 is 4.90 Å². The fraction of sp³-hybridized carbons (Fsp3) is 0.600. The van der Waals surface area contributed by atoms with Crippen LogP contribution >= 0.6 is 0 Å². The third-order valence-electron chi connectivity index (χ3n) is 3.55. The largest absolute Gasteiger partial charge is 0.433 e. The summed E-state index contributed by atoms with van der Waals surface area (Å²) in [5, 5.41) is 9.84. The molecular formula is C15H19F3N4O2. The molecule has 1 aliphatic rings. The van der Waals surface area contributed by atoms with Gasteiger partial charge in [-0.2, -0.15) is 13.2 Å². The number of anilines is 1. The van der Waals surface area contributed by atoms with E-state index in [0.717, 1.165) is 12.3 Å². The molecule has 0 radical (unpaired) electrons. The fourth-order valence-electron chi connectivity index (χ4n) is 2.39. The van der Waals surface area contributed by atoms with Gasteiger partial charge in [-0.3, -0.25) is 4.90 Å². The van der Waals surface area contributed by atoms with Crippen LogP contribution in [-0.2, 0) is 10.9 Å². The molecule has 1 unspecified atom stereocenters. The predicted molar refractivity (Wildman–Crippen MR) is 81.3 cm³/mol. The number of aliphatic hydroxyl groups excluding tert-OH is 1. The molecule has 0 amide bonds. The molecule has 9 heteroatoms. The molecule has 132 valence electrons. The van der Waals surface area contributed by atoms with Gasteiger partial charge < -0.3 is 14.7 Å². The topological polar surface area (TPSA) is 61.7 Å². The van der Waals surface area contributed by atoms with E-state index in [2.05, 4.69) is 15.9 Å². The number of aliphatic hydroxyl groups is 1. The number of β-amino-alcohol motifs (C(OH)–C–C–N with tert-alkyl or cyclic N) is 1. The molecular weight excluding hydrogens is 325 g/mol. The quantitative estimate of drug-likeness (QED) is 0.603. The second kappa shape index (κ2) is 8.28. The van der Waals surface area contributed by atoms with Crippen molar-refractivity contribution in [1.29, 1.82) is 0 Å². The lowest BCUT2D eigenvalue weighted by atomic mass is 10.2. The number of terminal acetylenes is 1. The van der Waals surface area contributed by atoms with Crippen molar-refractivity contribution in [1.82, 2.24) is 14.9 Å². The smallest absolute Gasteiger partial charge is 0.389 e. The van der Waals surface area contributed by atoms with Crippen molar-refractivity contribution in [2.75, 3.05) is 50.8 Å². The zero-order valence-electron chi connectivity index (χ0n) is 13.0. The first-order chi connectivity index (χ1) is 11.4. The Morgan fingerprint density at radius 2 is 2.04 bits per heavy atom. The highest BCUT2D eigenvalue weighted by molar-refractivity contribution is 5.31. The van der Waals surface area contributed by atoms with Crippen LogP contribution in [0.3, 0.4) is 0 Å². The summed E-state index contributed by atoms with van der Waals surface area (Å²) >= 11 is 0. The van der Waals surface area contributed by atoms with Crippen molar-refractivity contribution in [3.05, 3.63) is 18.0 Å². The molecule has 1 aliphatic heterocycles. The maximum absolute atomic E-state index is 12.7. The molecule has 24 heavy (non-hydrogen) atoms. The van der Waals surface area contributed by atoms with Gasteiger partial charge in [-0.1, -0.05) is 5.92 Å². The SMILES string of the molecule is C#CCOCC(O)CN1CCN(c2nccc(C(F)(F)F)n2)CC1. The van der Waals surface area contributed by atoms with Gasteiger partial charge in [0, 0.05) is 38.9 Å². The summed E-state index contributed by atoms with van der Waals surface area (Å²) in [5.41, 5.74) is -0.948. The van der Waals surface area contributed by atoms with Crippen LogP contribution in [0.1, 0.15) is 5.69 Å². The van der Waals surface area contributed by atoms with E-state index in [4.69, 9.17) is 11.2 Å². The number of halogens is 3. The maximum atomic E-state index is 12.7. The van der Waals surface area contributed by atoms with E-state index in [0.29, 0.717) is 32.7 Å². The summed E-state index contributed by atoms with van der Waals surface area (Å²) in [6.07, 6.45) is 1.03. The second-order valence-corrected chi connectivity index (χ2v) is 5.40. The Kier molecular flexibility index (Phi) is 6.36. The van der Waals surface area contributed by atoms with Crippen LogP contribution in [0, 0.1) is 12.3 Å². The van der Waals surface area contributed by atoms with E-state index in [1.165, 1.54) is 0 Å². The summed E-state index contributed by atoms with van der Waals surface area (Å²) < 4.78 is 43.2. The minimum atomic E-state index is -4.48. The summed E-state index contributed by atoms with van der Waals surface area (Å²) in [7, 11) is 0. The van der Waals surface area contributed by atoms with E-state index in [1.54, 1.807) is 4.90 Å². The van der Waals surface area contributed by atoms with Crippen LogP contribution in [0.5, 0.6) is 0 Å². The number of nitrogens with zero attached hydrogens (tertiary/aromatic N) is 4. The molecule has 1 N–H and O–H groups in total. The van der Waals surface area contributed by atoms with Crippen LogP contribution in [-0.4, -0.2) is 72.0 Å². The van der Waals surface area contributed by atoms with E-state index in [1.807, 2.05) is 4.90 Å². The molecule has 6 nitrogen and oxygen atoms in total. The number of aromatic nitrogens is 2. The Balaban J connectivity index is 1.84. The number of alkyl halides is 3. The first kappa shape index (κ1) is 18.4. The highest BCUT2D eigenvalue weighted by Crippen LogP contribution is 2.28. The van der Waals surface area contributed by atoms with Crippen LogP contribution in [0.4, 0.5) is 19.1 Å². The molecule has 2 rings (SSSR count). The van der Waals surface area contributed by atoms with E-state index in [-0.39, 0.29) is 19.2 Å². The van der Waals surface area contributed by atoms with Gasteiger partial charge in [-0.25, -0.2) is 9.97 Å². The van der Waals surface area contributed by atoms with Crippen molar-refractivity contribution >= 4 is 5.95 Å². The van der Waals surface area contributed by atoms with Crippen molar-refractivity contribution in [2.24, 2.45) is 0 Å². The van der Waals surface area contributed by atoms with Crippen molar-refractivity contribution in [3.63, 3.8) is 0 Å². The number of ether oxygens (including phenoxy) is 1. The molecule has 0 spiro atoms. The van der Waals surface area contributed by atoms with Crippen molar-refractivity contribution in [2.45, 2.75) is 12.3 Å².